The van der Waals surface area contributed by atoms with Crippen LogP contribution in [0.3, 0.4) is 0 Å². The van der Waals surface area contributed by atoms with Gasteiger partial charge in [-0.25, -0.2) is 15.0 Å². The van der Waals surface area contributed by atoms with Gasteiger partial charge in [0.15, 0.2) is 5.16 Å². The summed E-state index contributed by atoms with van der Waals surface area (Å²) < 4.78 is 0. The maximum atomic E-state index is 4.09. The Labute approximate surface area is 119 Å². The van der Waals surface area contributed by atoms with Gasteiger partial charge in [-0.2, -0.15) is 11.8 Å². The number of hydrogen-bond acceptors (Lipinski definition) is 5. The monoisotopic (exact) mass is 285 g/mol. The Bertz CT molecular complexity index is 283. The largest absolute Gasteiger partial charge is 0.225 e. The highest BCUT2D eigenvalue weighted by Crippen LogP contribution is 2.15. The second-order valence-electron chi connectivity index (χ2n) is 4.15. The van der Waals surface area contributed by atoms with Crippen molar-refractivity contribution in [3.63, 3.8) is 0 Å². The molecule has 0 saturated carbocycles. The second-order valence-corrected chi connectivity index (χ2v) is 6.44. The van der Waals surface area contributed by atoms with Gasteiger partial charge in [0.05, 0.1) is 0 Å². The number of aromatic nitrogens is 3. The lowest BCUT2D eigenvalue weighted by Gasteiger charge is -2.01. The smallest absolute Gasteiger partial charge is 0.190 e. The standard InChI is InChI=1S/C13H23N3S2/c1-2-3-4-5-6-7-8-17-9-10-18-13-15-11-14-12-16-13/h11-12H,2-10H2,1H3. The zero-order chi connectivity index (χ0) is 12.9. The van der Waals surface area contributed by atoms with Crippen molar-refractivity contribution in [1.82, 2.24) is 15.0 Å². The summed E-state index contributed by atoms with van der Waals surface area (Å²) in [5.74, 6) is 3.57. The second kappa shape index (κ2) is 11.8. The molecule has 0 bridgehead atoms. The highest BCUT2D eigenvalue weighted by Gasteiger charge is 1.96. The Balaban J connectivity index is 1.82. The molecular formula is C13H23N3S2. The molecule has 5 heteroatoms. The molecule has 0 aliphatic carbocycles. The van der Waals surface area contributed by atoms with Gasteiger partial charge in [-0.05, 0) is 12.2 Å². The lowest BCUT2D eigenvalue weighted by atomic mass is 10.1. The molecule has 0 aliphatic rings. The van der Waals surface area contributed by atoms with Crippen molar-refractivity contribution in [1.29, 1.82) is 0 Å². The topological polar surface area (TPSA) is 38.7 Å². The Kier molecular flexibility index (Phi) is 10.3. The van der Waals surface area contributed by atoms with Gasteiger partial charge in [-0.15, -0.1) is 0 Å². The van der Waals surface area contributed by atoms with Crippen molar-refractivity contribution in [2.75, 3.05) is 17.3 Å². The summed E-state index contributed by atoms with van der Waals surface area (Å²) in [4.78, 5) is 12.0. The molecule has 1 aromatic heterocycles. The summed E-state index contributed by atoms with van der Waals surface area (Å²) in [6.45, 7) is 2.26. The third-order valence-electron chi connectivity index (χ3n) is 2.57. The van der Waals surface area contributed by atoms with Crippen LogP contribution in [-0.4, -0.2) is 32.2 Å². The van der Waals surface area contributed by atoms with E-state index < -0.39 is 0 Å². The first-order valence-corrected chi connectivity index (χ1v) is 8.90. The van der Waals surface area contributed by atoms with E-state index in [1.54, 1.807) is 24.4 Å². The number of thioether (sulfide) groups is 2. The van der Waals surface area contributed by atoms with Crippen LogP contribution >= 0.6 is 23.5 Å². The summed E-state index contributed by atoms with van der Waals surface area (Å²) in [6.07, 6.45) is 11.4. The molecule has 0 radical (unpaired) electrons. The fourth-order valence-corrected chi connectivity index (χ4v) is 3.42. The van der Waals surface area contributed by atoms with Crippen molar-refractivity contribution >= 4 is 23.5 Å². The summed E-state index contributed by atoms with van der Waals surface area (Å²) in [5.41, 5.74) is 0. The van der Waals surface area contributed by atoms with Crippen LogP contribution in [-0.2, 0) is 0 Å². The molecule has 0 aromatic carbocycles. The van der Waals surface area contributed by atoms with E-state index in [0.29, 0.717) is 0 Å². The maximum absolute atomic E-state index is 4.09. The van der Waals surface area contributed by atoms with E-state index in [9.17, 15) is 0 Å². The summed E-state index contributed by atoms with van der Waals surface area (Å²) >= 11 is 3.76. The summed E-state index contributed by atoms with van der Waals surface area (Å²) in [6, 6.07) is 0. The van der Waals surface area contributed by atoms with Crippen LogP contribution in [0, 0.1) is 0 Å². The molecule has 0 amide bonds. The fraction of sp³-hybridized carbons (Fsp3) is 0.769. The molecule has 1 rings (SSSR count). The molecule has 18 heavy (non-hydrogen) atoms. The van der Waals surface area contributed by atoms with Gasteiger partial charge in [-0.3, -0.25) is 0 Å². The molecule has 0 saturated heterocycles. The average molecular weight is 285 g/mol. The third-order valence-corrected chi connectivity index (χ3v) is 4.78. The Morgan fingerprint density at radius 3 is 2.39 bits per heavy atom. The first kappa shape index (κ1) is 15.8. The molecule has 0 unspecified atom stereocenters. The van der Waals surface area contributed by atoms with Gasteiger partial charge in [0.25, 0.3) is 0 Å². The zero-order valence-electron chi connectivity index (χ0n) is 11.2. The number of hydrogen-bond donors (Lipinski definition) is 0. The predicted molar refractivity (Wildman–Crippen MR) is 81.3 cm³/mol. The van der Waals surface area contributed by atoms with Crippen LogP contribution in [0.25, 0.3) is 0 Å². The molecule has 3 nitrogen and oxygen atoms in total. The molecule has 0 atom stereocenters. The Morgan fingerprint density at radius 1 is 0.889 bits per heavy atom. The van der Waals surface area contributed by atoms with Crippen LogP contribution in [0.5, 0.6) is 0 Å². The van der Waals surface area contributed by atoms with Gasteiger partial charge in [0, 0.05) is 11.5 Å². The first-order valence-electron chi connectivity index (χ1n) is 6.76. The molecule has 102 valence electrons. The quantitative estimate of drug-likeness (QED) is 0.453. The average Bonchev–Trinajstić information content (AvgIpc) is 2.42. The van der Waals surface area contributed by atoms with Crippen LogP contribution in [0.15, 0.2) is 17.8 Å². The van der Waals surface area contributed by atoms with Crippen molar-refractivity contribution in [2.45, 2.75) is 50.6 Å². The molecule has 1 heterocycles. The SMILES string of the molecule is CCCCCCCCSCCSc1ncncn1. The molecule has 0 N–H and O–H groups in total. The van der Waals surface area contributed by atoms with Gasteiger partial charge in [0.1, 0.15) is 12.7 Å². The zero-order valence-corrected chi connectivity index (χ0v) is 12.8. The maximum Gasteiger partial charge on any atom is 0.190 e. The first-order chi connectivity index (χ1) is 8.93. The minimum Gasteiger partial charge on any atom is -0.225 e. The van der Waals surface area contributed by atoms with Gasteiger partial charge < -0.3 is 0 Å². The van der Waals surface area contributed by atoms with Crippen LogP contribution < -0.4 is 0 Å². The van der Waals surface area contributed by atoms with E-state index in [0.717, 1.165) is 10.9 Å². The van der Waals surface area contributed by atoms with E-state index in [-0.39, 0.29) is 0 Å². The van der Waals surface area contributed by atoms with Crippen molar-refractivity contribution in [2.24, 2.45) is 0 Å². The fourth-order valence-electron chi connectivity index (χ4n) is 1.58. The lowest BCUT2D eigenvalue weighted by Crippen LogP contribution is -1.91. The Morgan fingerprint density at radius 2 is 1.61 bits per heavy atom. The van der Waals surface area contributed by atoms with Gasteiger partial charge >= 0.3 is 0 Å². The molecule has 0 spiro atoms. The minimum absolute atomic E-state index is 0.838. The van der Waals surface area contributed by atoms with Crippen molar-refractivity contribution < 1.29 is 0 Å². The molecule has 1 aromatic rings. The van der Waals surface area contributed by atoms with Crippen LogP contribution in [0.2, 0.25) is 0 Å². The molecular weight excluding hydrogens is 262 g/mol. The van der Waals surface area contributed by atoms with Crippen LogP contribution in [0.4, 0.5) is 0 Å². The Hall–Kier alpha value is -0.290. The van der Waals surface area contributed by atoms with Gasteiger partial charge in [0.2, 0.25) is 0 Å². The minimum atomic E-state index is 0.838. The van der Waals surface area contributed by atoms with E-state index in [2.05, 4.69) is 21.9 Å². The summed E-state index contributed by atoms with van der Waals surface area (Å²) in [5, 5.41) is 0.838. The molecule has 0 aliphatic heterocycles. The predicted octanol–water partition coefficient (Wildman–Crippen LogP) is 4.06. The normalized spacial score (nSPS) is 10.7. The van der Waals surface area contributed by atoms with Crippen molar-refractivity contribution in [3.05, 3.63) is 12.7 Å². The van der Waals surface area contributed by atoms with Crippen molar-refractivity contribution in [3.8, 4) is 0 Å². The van der Waals surface area contributed by atoms with E-state index >= 15 is 0 Å². The number of unbranched alkanes of at least 4 members (excludes halogenated alkanes) is 5. The van der Waals surface area contributed by atoms with Gasteiger partial charge in [-0.1, -0.05) is 50.8 Å². The highest BCUT2D eigenvalue weighted by atomic mass is 32.2. The third kappa shape index (κ3) is 8.75. The lowest BCUT2D eigenvalue weighted by molar-refractivity contribution is 0.627. The number of nitrogens with zero attached hydrogens (tertiary/aromatic N) is 3. The van der Waals surface area contributed by atoms with E-state index in [4.69, 9.17) is 0 Å². The number of rotatable bonds is 11. The summed E-state index contributed by atoms with van der Waals surface area (Å²) in [7, 11) is 0. The van der Waals surface area contributed by atoms with E-state index in [1.165, 1.54) is 50.0 Å². The van der Waals surface area contributed by atoms with Crippen LogP contribution in [0.1, 0.15) is 45.4 Å². The molecule has 0 fully saturated rings. The van der Waals surface area contributed by atoms with E-state index in [1.807, 2.05) is 11.8 Å². The highest BCUT2D eigenvalue weighted by molar-refractivity contribution is 8.02.